The molecular weight excluding hydrogens is 460 g/mol. The van der Waals surface area contributed by atoms with Crippen LogP contribution in [-0.2, 0) is 9.53 Å². The lowest BCUT2D eigenvalue weighted by Gasteiger charge is -2.27. The summed E-state index contributed by atoms with van der Waals surface area (Å²) in [5.74, 6) is 2.46. The van der Waals surface area contributed by atoms with E-state index in [4.69, 9.17) is 19.5 Å². The number of rotatable bonds is 7. The minimum absolute atomic E-state index is 0.174. The van der Waals surface area contributed by atoms with E-state index in [0.29, 0.717) is 61.7 Å². The number of ether oxygens (including phenoxy) is 2. The number of urea groups is 1. The van der Waals surface area contributed by atoms with Gasteiger partial charge < -0.3 is 24.5 Å². The predicted octanol–water partition coefficient (Wildman–Crippen LogP) is 3.75. The van der Waals surface area contributed by atoms with E-state index in [9.17, 15) is 9.59 Å². The highest BCUT2D eigenvalue weighted by Crippen LogP contribution is 2.37. The van der Waals surface area contributed by atoms with Gasteiger partial charge in [-0.25, -0.2) is 19.4 Å². The Balaban J connectivity index is 1.48. The second-order valence-electron chi connectivity index (χ2n) is 9.52. The zero-order chi connectivity index (χ0) is 25.1. The smallest absolute Gasteiger partial charge is 0.321 e. The van der Waals surface area contributed by atoms with Gasteiger partial charge in [-0.15, -0.1) is 0 Å². The quantitative estimate of drug-likeness (QED) is 0.568. The van der Waals surface area contributed by atoms with E-state index in [2.05, 4.69) is 10.7 Å². The van der Waals surface area contributed by atoms with Gasteiger partial charge >= 0.3 is 6.03 Å². The third-order valence-corrected chi connectivity index (χ3v) is 6.98. The molecule has 1 aromatic heterocycles. The van der Waals surface area contributed by atoms with Gasteiger partial charge in [0.2, 0.25) is 0 Å². The molecule has 2 aliphatic heterocycles. The highest BCUT2D eigenvalue weighted by Gasteiger charge is 2.32. The number of aromatic nitrogens is 2. The molecule has 1 unspecified atom stereocenters. The number of aliphatic imine (C=N–C) groups is 1. The molecule has 0 spiro atoms. The highest BCUT2D eigenvalue weighted by atomic mass is 16.5. The first-order valence-electron chi connectivity index (χ1n) is 12.9. The molecule has 1 atom stereocenters. The van der Waals surface area contributed by atoms with Crippen LogP contribution in [0.4, 0.5) is 10.5 Å². The van der Waals surface area contributed by atoms with Crippen molar-refractivity contribution in [3.63, 3.8) is 0 Å². The normalized spacial score (nSPS) is 19.9. The van der Waals surface area contributed by atoms with Crippen molar-refractivity contribution in [1.29, 1.82) is 0 Å². The maximum atomic E-state index is 12.8. The molecule has 2 N–H and O–H groups in total. The number of carbonyl (C=O) groups is 2. The number of hydrogen-bond acceptors (Lipinski definition) is 7. The van der Waals surface area contributed by atoms with Crippen LogP contribution in [0, 0.1) is 6.92 Å². The Morgan fingerprint density at radius 2 is 2.06 bits per heavy atom. The average molecular weight is 495 g/mol. The molecule has 2 amide bonds. The van der Waals surface area contributed by atoms with Gasteiger partial charge in [-0.2, -0.15) is 0 Å². The Hall–Kier alpha value is -3.40. The number of aldehydes is 1. The summed E-state index contributed by atoms with van der Waals surface area (Å²) in [7, 11) is 0. The summed E-state index contributed by atoms with van der Waals surface area (Å²) in [5, 5.41) is 2.98. The first-order chi connectivity index (χ1) is 17.6. The molecule has 0 bridgehead atoms. The second-order valence-corrected chi connectivity index (χ2v) is 9.52. The second kappa shape index (κ2) is 10.7. The number of morpholine rings is 1. The number of anilines is 1. The Kier molecular flexibility index (Phi) is 7.22. The lowest BCUT2D eigenvalue weighted by molar-refractivity contribution is -0.109. The van der Waals surface area contributed by atoms with Crippen molar-refractivity contribution in [2.24, 2.45) is 4.99 Å². The molecule has 2 aromatic rings. The van der Waals surface area contributed by atoms with Crippen LogP contribution in [0.1, 0.15) is 73.8 Å². The zero-order valence-electron chi connectivity index (χ0n) is 21.0. The minimum Gasteiger partial charge on any atom is -0.493 e. The SMILES string of the molecule is CCCOc1ccc(NC(=O)N2CCOCC2)cc1C1=NC(C=O)c2c(C)nc(C3CCCC3)n2N1. The molecule has 1 aliphatic carbocycles. The monoisotopic (exact) mass is 494 g/mol. The van der Waals surface area contributed by atoms with Crippen LogP contribution in [0.2, 0.25) is 0 Å². The van der Waals surface area contributed by atoms with Gasteiger partial charge in [-0.3, -0.25) is 5.43 Å². The summed E-state index contributed by atoms with van der Waals surface area (Å²) in [4.78, 5) is 36.3. The van der Waals surface area contributed by atoms with E-state index in [1.807, 2.05) is 36.7 Å². The third kappa shape index (κ3) is 4.82. The van der Waals surface area contributed by atoms with Crippen molar-refractivity contribution in [3.05, 3.63) is 41.0 Å². The van der Waals surface area contributed by atoms with Crippen LogP contribution >= 0.6 is 0 Å². The van der Waals surface area contributed by atoms with Gasteiger partial charge in [0, 0.05) is 24.7 Å². The molecule has 1 aromatic carbocycles. The van der Waals surface area contributed by atoms with E-state index in [-0.39, 0.29) is 6.03 Å². The summed E-state index contributed by atoms with van der Waals surface area (Å²) >= 11 is 0. The molecular formula is C26H34N6O4. The van der Waals surface area contributed by atoms with Crippen LogP contribution in [0.5, 0.6) is 5.75 Å². The average Bonchev–Trinajstić information content (AvgIpc) is 3.56. The summed E-state index contributed by atoms with van der Waals surface area (Å²) in [5.41, 5.74) is 6.34. The molecule has 3 heterocycles. The third-order valence-electron chi connectivity index (χ3n) is 6.98. The molecule has 10 nitrogen and oxygen atoms in total. The number of imidazole rings is 1. The molecule has 0 radical (unpaired) electrons. The number of nitrogens with one attached hydrogen (secondary N) is 2. The Morgan fingerprint density at radius 1 is 1.28 bits per heavy atom. The predicted molar refractivity (Wildman–Crippen MR) is 137 cm³/mol. The molecule has 1 saturated heterocycles. The number of hydrogen-bond donors (Lipinski definition) is 2. The van der Waals surface area contributed by atoms with E-state index in [1.165, 1.54) is 12.8 Å². The number of aryl methyl sites for hydroxylation is 1. The fourth-order valence-corrected chi connectivity index (χ4v) is 5.15. The van der Waals surface area contributed by atoms with Crippen molar-refractivity contribution in [2.45, 2.75) is 57.9 Å². The molecule has 5 rings (SSSR count). The number of fused-ring (bicyclic) bond motifs is 1. The molecule has 36 heavy (non-hydrogen) atoms. The van der Waals surface area contributed by atoms with E-state index in [0.717, 1.165) is 42.8 Å². The summed E-state index contributed by atoms with van der Waals surface area (Å²) in [6.45, 7) is 6.69. The van der Waals surface area contributed by atoms with E-state index >= 15 is 0 Å². The number of carbonyl (C=O) groups excluding carboxylic acids is 2. The fourth-order valence-electron chi connectivity index (χ4n) is 5.15. The first kappa shape index (κ1) is 24.3. The Bertz CT molecular complexity index is 1150. The molecule has 2 fully saturated rings. The number of benzene rings is 1. The zero-order valence-corrected chi connectivity index (χ0v) is 21.0. The van der Waals surface area contributed by atoms with Crippen molar-refractivity contribution in [1.82, 2.24) is 14.6 Å². The molecule has 3 aliphatic rings. The standard InChI is InChI=1S/C26H34N6O4/c1-3-12-36-22-9-8-19(28-26(34)31-10-13-35-14-11-31)15-20(22)24-29-21(16-33)23-17(2)27-25(32(23)30-24)18-6-4-5-7-18/h8-9,15-16,18,21H,3-7,10-14H2,1-2H3,(H,28,34)(H,29,30). The topological polar surface area (TPSA) is 110 Å². The number of nitrogens with zero attached hydrogens (tertiary/aromatic N) is 4. The van der Waals surface area contributed by atoms with E-state index in [1.54, 1.807) is 4.90 Å². The number of amides is 2. The van der Waals surface area contributed by atoms with Gasteiger partial charge in [-0.1, -0.05) is 19.8 Å². The fraction of sp³-hybridized carbons (Fsp3) is 0.538. The van der Waals surface area contributed by atoms with Gasteiger partial charge in [-0.05, 0) is 44.4 Å². The minimum atomic E-state index is -0.672. The van der Waals surface area contributed by atoms with Crippen molar-refractivity contribution >= 4 is 23.8 Å². The highest BCUT2D eigenvalue weighted by molar-refractivity contribution is 6.08. The summed E-state index contributed by atoms with van der Waals surface area (Å²) in [6, 6.07) is 4.67. The van der Waals surface area contributed by atoms with Crippen molar-refractivity contribution in [2.75, 3.05) is 43.7 Å². The van der Waals surface area contributed by atoms with Gasteiger partial charge in [0.05, 0.1) is 36.8 Å². The lowest BCUT2D eigenvalue weighted by atomic mass is 10.1. The first-order valence-corrected chi connectivity index (χ1v) is 12.9. The molecule has 1 saturated carbocycles. The molecule has 10 heteroatoms. The lowest BCUT2D eigenvalue weighted by Crippen LogP contribution is -2.43. The molecule has 192 valence electrons. The van der Waals surface area contributed by atoms with Gasteiger partial charge in [0.15, 0.2) is 18.2 Å². The Morgan fingerprint density at radius 3 is 2.78 bits per heavy atom. The van der Waals surface area contributed by atoms with Crippen molar-refractivity contribution in [3.8, 4) is 5.75 Å². The number of amidine groups is 1. The Labute approximate surface area is 211 Å². The summed E-state index contributed by atoms with van der Waals surface area (Å²) in [6.07, 6.45) is 6.25. The van der Waals surface area contributed by atoms with Crippen LogP contribution in [0.25, 0.3) is 0 Å². The van der Waals surface area contributed by atoms with E-state index < -0.39 is 6.04 Å². The van der Waals surface area contributed by atoms with Crippen molar-refractivity contribution < 1.29 is 19.1 Å². The summed E-state index contributed by atoms with van der Waals surface area (Å²) < 4.78 is 13.3. The van der Waals surface area contributed by atoms with Crippen LogP contribution < -0.4 is 15.5 Å². The van der Waals surface area contributed by atoms with Crippen LogP contribution in [0.15, 0.2) is 23.2 Å². The largest absolute Gasteiger partial charge is 0.493 e. The maximum absolute atomic E-state index is 12.8. The van der Waals surface area contributed by atoms with Crippen LogP contribution in [-0.4, -0.2) is 65.6 Å². The van der Waals surface area contributed by atoms with Gasteiger partial charge in [0.1, 0.15) is 11.6 Å². The van der Waals surface area contributed by atoms with Crippen LogP contribution in [0.3, 0.4) is 0 Å². The van der Waals surface area contributed by atoms with Gasteiger partial charge in [0.25, 0.3) is 0 Å². The maximum Gasteiger partial charge on any atom is 0.321 e.